The molecule has 1 aliphatic carbocycles. The lowest BCUT2D eigenvalue weighted by Gasteiger charge is -2.32. The summed E-state index contributed by atoms with van der Waals surface area (Å²) >= 11 is 0. The summed E-state index contributed by atoms with van der Waals surface area (Å²) in [5.41, 5.74) is 5.08. The highest BCUT2D eigenvalue weighted by Gasteiger charge is 2.57. The summed E-state index contributed by atoms with van der Waals surface area (Å²) in [6, 6.07) is 12.5. The number of primary amides is 1. The van der Waals surface area contributed by atoms with Crippen molar-refractivity contribution in [3.05, 3.63) is 72.4 Å². The monoisotopic (exact) mass is 673 g/mol. The fourth-order valence-electron chi connectivity index (χ4n) is 6.22. The number of fused-ring (bicyclic) bond motifs is 3. The number of hydrogen-bond donors (Lipinski definition) is 1. The molecule has 49 heavy (non-hydrogen) atoms. The number of anilines is 2. The van der Waals surface area contributed by atoms with Crippen molar-refractivity contribution in [3.63, 3.8) is 0 Å². The van der Waals surface area contributed by atoms with Crippen molar-refractivity contribution in [2.45, 2.75) is 19.3 Å². The summed E-state index contributed by atoms with van der Waals surface area (Å²) in [6.45, 7) is 6.24. The van der Waals surface area contributed by atoms with Crippen LogP contribution < -0.4 is 29.6 Å². The molecule has 4 aromatic rings. The molecule has 1 saturated heterocycles. The number of rotatable bonds is 11. The van der Waals surface area contributed by atoms with Crippen LogP contribution in [0.3, 0.4) is 0 Å². The van der Waals surface area contributed by atoms with Gasteiger partial charge >= 0.3 is 0 Å². The fourth-order valence-corrected chi connectivity index (χ4v) is 6.22. The summed E-state index contributed by atoms with van der Waals surface area (Å²) in [4.78, 5) is 36.3. The first-order valence-corrected chi connectivity index (χ1v) is 16.4. The number of hydrogen-bond acceptors (Lipinski definition) is 9. The second kappa shape index (κ2) is 13.5. The van der Waals surface area contributed by atoms with Gasteiger partial charge in [-0.2, -0.15) is 0 Å². The number of carbonyl (C=O) groups excluding carboxylic acids is 2. The Hall–Kier alpha value is -5.01. The summed E-state index contributed by atoms with van der Waals surface area (Å²) in [5, 5.41) is 0.491. The molecule has 0 bridgehead atoms. The van der Waals surface area contributed by atoms with E-state index >= 15 is 4.39 Å². The van der Waals surface area contributed by atoms with E-state index in [4.69, 9.17) is 24.7 Å². The predicted molar refractivity (Wildman–Crippen MR) is 178 cm³/mol. The van der Waals surface area contributed by atoms with Crippen LogP contribution in [0.5, 0.6) is 28.7 Å². The molecule has 3 aliphatic rings. The molecule has 0 spiro atoms. The molecule has 3 aromatic carbocycles. The fraction of sp³-hybridized carbons (Fsp3) is 0.361. The van der Waals surface area contributed by atoms with E-state index in [1.54, 1.807) is 18.3 Å². The Morgan fingerprint density at radius 1 is 0.918 bits per heavy atom. The lowest BCUT2D eigenvalue weighted by molar-refractivity contribution is -0.133. The Morgan fingerprint density at radius 2 is 1.63 bits per heavy atom. The highest BCUT2D eigenvalue weighted by atomic mass is 19.1. The van der Waals surface area contributed by atoms with Gasteiger partial charge in [0.25, 0.3) is 0 Å². The van der Waals surface area contributed by atoms with E-state index < -0.39 is 28.9 Å². The third-order valence-corrected chi connectivity index (χ3v) is 9.23. The molecule has 0 unspecified atom stereocenters. The molecule has 2 amide bonds. The molecule has 13 heteroatoms. The van der Waals surface area contributed by atoms with Gasteiger partial charge < -0.3 is 34.5 Å². The molecular formula is C36H37F2N5O6. The maximum absolute atomic E-state index is 15.8. The van der Waals surface area contributed by atoms with E-state index in [0.717, 1.165) is 45.2 Å². The minimum absolute atomic E-state index is 0.122. The summed E-state index contributed by atoms with van der Waals surface area (Å²) in [6.07, 6.45) is 2.94. The van der Waals surface area contributed by atoms with E-state index in [-0.39, 0.29) is 35.7 Å². The molecule has 3 heterocycles. The van der Waals surface area contributed by atoms with E-state index in [0.29, 0.717) is 48.0 Å². The summed E-state index contributed by atoms with van der Waals surface area (Å²) in [5.74, 6) is -1.18. The van der Waals surface area contributed by atoms with Crippen LogP contribution >= 0.6 is 0 Å². The zero-order chi connectivity index (χ0) is 34.1. The van der Waals surface area contributed by atoms with Gasteiger partial charge in [0, 0.05) is 56.7 Å². The molecule has 0 radical (unpaired) electrons. The number of aromatic nitrogens is 1. The van der Waals surface area contributed by atoms with Gasteiger partial charge in [-0.3, -0.25) is 19.5 Å². The molecule has 2 fully saturated rings. The third-order valence-electron chi connectivity index (χ3n) is 9.23. The number of benzene rings is 3. The van der Waals surface area contributed by atoms with Crippen LogP contribution in [-0.2, 0) is 9.59 Å². The van der Waals surface area contributed by atoms with Crippen molar-refractivity contribution in [1.82, 2.24) is 14.8 Å². The largest absolute Gasteiger partial charge is 0.489 e. The molecule has 11 nitrogen and oxygen atoms in total. The predicted octanol–water partition coefficient (Wildman–Crippen LogP) is 5.02. The van der Waals surface area contributed by atoms with Gasteiger partial charge in [0.2, 0.25) is 17.6 Å². The van der Waals surface area contributed by atoms with Gasteiger partial charge in [-0.15, -0.1) is 0 Å². The number of halogens is 2. The van der Waals surface area contributed by atoms with Crippen molar-refractivity contribution < 1.29 is 37.3 Å². The molecule has 256 valence electrons. The van der Waals surface area contributed by atoms with Crippen molar-refractivity contribution in [1.29, 1.82) is 0 Å². The second-order valence-corrected chi connectivity index (χ2v) is 12.6. The van der Waals surface area contributed by atoms with E-state index in [1.807, 2.05) is 0 Å². The van der Waals surface area contributed by atoms with Crippen LogP contribution in [0, 0.1) is 17.0 Å². The number of nitrogens with two attached hydrogens (primary N) is 1. The van der Waals surface area contributed by atoms with E-state index in [2.05, 4.69) is 21.8 Å². The van der Waals surface area contributed by atoms with Gasteiger partial charge in [0.15, 0.2) is 23.1 Å². The zero-order valence-electron chi connectivity index (χ0n) is 27.1. The number of likely N-dealkylation sites (N-methyl/N-ethyl adjacent to an activating group) is 1. The lowest BCUT2D eigenvalue weighted by atomic mass is 10.0. The molecule has 2 N–H and O–H groups in total. The van der Waals surface area contributed by atoms with E-state index in [1.165, 1.54) is 41.3 Å². The number of nitrogens with zero attached hydrogens (tertiary/aromatic N) is 4. The van der Waals surface area contributed by atoms with Crippen LogP contribution in [-0.4, -0.2) is 86.2 Å². The Labute approximate surface area is 282 Å². The van der Waals surface area contributed by atoms with Gasteiger partial charge in [-0.05, 0) is 68.8 Å². The van der Waals surface area contributed by atoms with Crippen LogP contribution in [0.4, 0.5) is 20.2 Å². The smallest absolute Gasteiger partial charge is 0.247 e. The van der Waals surface area contributed by atoms with Crippen molar-refractivity contribution >= 4 is 34.1 Å². The van der Waals surface area contributed by atoms with Crippen LogP contribution in [0.15, 0.2) is 60.8 Å². The Kier molecular flexibility index (Phi) is 8.95. The quantitative estimate of drug-likeness (QED) is 0.173. The maximum atomic E-state index is 15.8. The van der Waals surface area contributed by atoms with Gasteiger partial charge in [-0.1, -0.05) is 0 Å². The number of amides is 2. The first-order valence-electron chi connectivity index (χ1n) is 16.4. The number of carbonyl (C=O) groups is 2. The van der Waals surface area contributed by atoms with Crippen LogP contribution in [0.1, 0.15) is 19.3 Å². The third kappa shape index (κ3) is 6.55. The molecule has 7 rings (SSSR count). The average Bonchev–Trinajstić information content (AvgIpc) is 3.92. The standard InChI is InChI=1S/C36H37F2N5O6/c1-41-14-16-42(17-15-41)13-2-18-46-30-22-27-31(33-32(30)47-19-20-48-33)29(9-12-40-27)49-28-8-7-25(21-26(28)38)43(24-5-3-23(37)4-6-24)35(45)36(10-11-36)34(39)44/h3-9,12,21-22H,2,10-11,13-20H2,1H3,(H2,39,44). The SMILES string of the molecule is CN1CCN(CCCOc2cc3nccc(Oc4ccc(N(C(=O)C5(C(N)=O)CC5)c5ccc(F)cc5)cc4F)c3c3c2OCCO3)CC1. The van der Waals surface area contributed by atoms with Gasteiger partial charge in [0.1, 0.15) is 30.2 Å². The van der Waals surface area contributed by atoms with Crippen LogP contribution in [0.25, 0.3) is 10.9 Å². The minimum Gasteiger partial charge on any atom is -0.489 e. The lowest BCUT2D eigenvalue weighted by Crippen LogP contribution is -2.44. The van der Waals surface area contributed by atoms with Crippen molar-refractivity contribution in [3.8, 4) is 28.7 Å². The van der Waals surface area contributed by atoms with E-state index in [9.17, 15) is 14.0 Å². The van der Waals surface area contributed by atoms with Gasteiger partial charge in [-0.25, -0.2) is 8.78 Å². The Morgan fingerprint density at radius 3 is 2.33 bits per heavy atom. The minimum atomic E-state index is -1.40. The van der Waals surface area contributed by atoms with Gasteiger partial charge in [0.05, 0.1) is 23.2 Å². The zero-order valence-corrected chi connectivity index (χ0v) is 27.1. The van der Waals surface area contributed by atoms with Crippen LogP contribution in [0.2, 0.25) is 0 Å². The maximum Gasteiger partial charge on any atom is 0.247 e. The average molecular weight is 674 g/mol. The first-order chi connectivity index (χ1) is 23.7. The molecule has 0 atom stereocenters. The number of piperazine rings is 1. The highest BCUT2D eigenvalue weighted by molar-refractivity contribution is 6.16. The van der Waals surface area contributed by atoms with Crippen molar-refractivity contribution in [2.24, 2.45) is 11.1 Å². The Balaban J connectivity index is 1.14. The first kappa shape index (κ1) is 32.5. The Bertz CT molecular complexity index is 1880. The van der Waals surface area contributed by atoms with Crippen molar-refractivity contribution in [2.75, 3.05) is 64.5 Å². The topological polar surface area (TPSA) is 120 Å². The summed E-state index contributed by atoms with van der Waals surface area (Å²) in [7, 11) is 2.13. The highest BCUT2D eigenvalue weighted by Crippen LogP contribution is 2.50. The molecule has 1 aromatic heterocycles. The number of ether oxygens (including phenoxy) is 4. The summed E-state index contributed by atoms with van der Waals surface area (Å²) < 4.78 is 53.9. The molecule has 2 aliphatic heterocycles. The molecule has 1 saturated carbocycles. The molecular weight excluding hydrogens is 636 g/mol. The normalized spacial score (nSPS) is 17.0. The second-order valence-electron chi connectivity index (χ2n) is 12.6. The number of pyridine rings is 1.